The Morgan fingerprint density at radius 2 is 2.22 bits per heavy atom. The first-order valence-electron chi connectivity index (χ1n) is 7.05. The number of rotatable bonds is 10. The summed E-state index contributed by atoms with van der Waals surface area (Å²) in [6.45, 7) is 7.33. The van der Waals surface area contributed by atoms with Crippen LogP contribution in [0.3, 0.4) is 0 Å². The van der Waals surface area contributed by atoms with Gasteiger partial charge in [0, 0.05) is 18.3 Å². The lowest BCUT2D eigenvalue weighted by Gasteiger charge is -2.13. The summed E-state index contributed by atoms with van der Waals surface area (Å²) < 4.78 is 5.78. The summed E-state index contributed by atoms with van der Waals surface area (Å²) in [6.07, 6.45) is 6.59. The van der Waals surface area contributed by atoms with Crippen molar-refractivity contribution in [3.8, 4) is 0 Å². The quantitative estimate of drug-likeness (QED) is 0.648. The summed E-state index contributed by atoms with van der Waals surface area (Å²) in [5.41, 5.74) is 1.11. The maximum atomic E-state index is 5.78. The van der Waals surface area contributed by atoms with Crippen molar-refractivity contribution < 1.29 is 4.74 Å². The van der Waals surface area contributed by atoms with Gasteiger partial charge in [-0.2, -0.15) is 0 Å². The van der Waals surface area contributed by atoms with E-state index in [9.17, 15) is 0 Å². The van der Waals surface area contributed by atoms with E-state index >= 15 is 0 Å². The Kier molecular flexibility index (Phi) is 8.43. The molecule has 1 N–H and O–H groups in total. The number of pyridine rings is 1. The standard InChI is InChI=1S/C15H26N2O/c1-3-10-16-11-6-7-14(2)18-13-9-15-8-4-5-12-17-15/h4-5,8,12,14,16H,3,6-7,9-11,13H2,1-2H3. The molecule has 1 unspecified atom stereocenters. The van der Waals surface area contributed by atoms with Crippen molar-refractivity contribution in [2.24, 2.45) is 0 Å². The second-order valence-electron chi connectivity index (χ2n) is 4.64. The molecule has 0 fully saturated rings. The van der Waals surface area contributed by atoms with E-state index < -0.39 is 0 Å². The van der Waals surface area contributed by atoms with Crippen LogP contribution in [0.1, 0.15) is 38.8 Å². The Bertz CT molecular complexity index is 290. The maximum absolute atomic E-state index is 5.78. The van der Waals surface area contributed by atoms with Crippen LogP contribution in [0.2, 0.25) is 0 Å². The predicted molar refractivity (Wildman–Crippen MR) is 75.7 cm³/mol. The van der Waals surface area contributed by atoms with Gasteiger partial charge >= 0.3 is 0 Å². The summed E-state index contributed by atoms with van der Waals surface area (Å²) >= 11 is 0. The molecule has 0 aliphatic heterocycles. The molecule has 0 aliphatic rings. The number of ether oxygens (including phenoxy) is 1. The van der Waals surface area contributed by atoms with Gasteiger partial charge in [-0.1, -0.05) is 13.0 Å². The highest BCUT2D eigenvalue weighted by molar-refractivity contribution is 5.03. The molecule has 0 spiro atoms. The van der Waals surface area contributed by atoms with Crippen molar-refractivity contribution in [2.45, 2.75) is 45.6 Å². The van der Waals surface area contributed by atoms with Crippen molar-refractivity contribution in [1.29, 1.82) is 0 Å². The molecule has 1 aromatic rings. The first kappa shape index (κ1) is 15.1. The SMILES string of the molecule is CCCNCCCC(C)OCCc1ccccn1. The van der Waals surface area contributed by atoms with Gasteiger partial charge in [-0.25, -0.2) is 0 Å². The minimum Gasteiger partial charge on any atom is -0.378 e. The molecule has 0 radical (unpaired) electrons. The third-order valence-electron chi connectivity index (χ3n) is 2.88. The van der Waals surface area contributed by atoms with E-state index in [4.69, 9.17) is 4.74 Å². The van der Waals surface area contributed by atoms with Gasteiger partial charge in [0.1, 0.15) is 0 Å². The third-order valence-corrected chi connectivity index (χ3v) is 2.88. The van der Waals surface area contributed by atoms with Crippen LogP contribution in [-0.2, 0) is 11.2 Å². The van der Waals surface area contributed by atoms with Crippen LogP contribution < -0.4 is 5.32 Å². The van der Waals surface area contributed by atoms with E-state index in [1.54, 1.807) is 0 Å². The third kappa shape index (κ3) is 7.41. The Balaban J connectivity index is 1.98. The topological polar surface area (TPSA) is 34.1 Å². The van der Waals surface area contributed by atoms with Gasteiger partial charge in [0.05, 0.1) is 12.7 Å². The van der Waals surface area contributed by atoms with E-state index in [0.717, 1.165) is 38.2 Å². The van der Waals surface area contributed by atoms with Gasteiger partial charge in [0.2, 0.25) is 0 Å². The molecule has 0 amide bonds. The smallest absolute Gasteiger partial charge is 0.0547 e. The van der Waals surface area contributed by atoms with Crippen LogP contribution in [0, 0.1) is 0 Å². The monoisotopic (exact) mass is 250 g/mol. The first-order valence-corrected chi connectivity index (χ1v) is 7.05. The highest BCUT2D eigenvalue weighted by Gasteiger charge is 2.02. The molecule has 0 saturated carbocycles. The number of nitrogens with one attached hydrogen (secondary N) is 1. The molecule has 1 heterocycles. The fourth-order valence-electron chi connectivity index (χ4n) is 1.81. The molecule has 0 aliphatic carbocycles. The number of hydrogen-bond acceptors (Lipinski definition) is 3. The van der Waals surface area contributed by atoms with Gasteiger partial charge in [0.25, 0.3) is 0 Å². The Morgan fingerprint density at radius 3 is 2.94 bits per heavy atom. The van der Waals surface area contributed by atoms with Crippen LogP contribution in [0.4, 0.5) is 0 Å². The molecule has 1 atom stereocenters. The van der Waals surface area contributed by atoms with Crippen molar-refractivity contribution in [2.75, 3.05) is 19.7 Å². The van der Waals surface area contributed by atoms with Gasteiger partial charge in [-0.05, 0) is 51.4 Å². The fourth-order valence-corrected chi connectivity index (χ4v) is 1.81. The fraction of sp³-hybridized carbons (Fsp3) is 0.667. The molecule has 3 nitrogen and oxygen atoms in total. The van der Waals surface area contributed by atoms with E-state index in [1.807, 2.05) is 24.4 Å². The van der Waals surface area contributed by atoms with Gasteiger partial charge in [0.15, 0.2) is 0 Å². The second kappa shape index (κ2) is 10.0. The average molecular weight is 250 g/mol. The number of hydrogen-bond donors (Lipinski definition) is 1. The largest absolute Gasteiger partial charge is 0.378 e. The molecular weight excluding hydrogens is 224 g/mol. The van der Waals surface area contributed by atoms with Gasteiger partial charge in [-0.3, -0.25) is 4.98 Å². The lowest BCUT2D eigenvalue weighted by molar-refractivity contribution is 0.0608. The molecule has 3 heteroatoms. The zero-order chi connectivity index (χ0) is 13.1. The van der Waals surface area contributed by atoms with Crippen LogP contribution in [0.5, 0.6) is 0 Å². The van der Waals surface area contributed by atoms with Crippen LogP contribution in [0.15, 0.2) is 24.4 Å². The molecule has 102 valence electrons. The van der Waals surface area contributed by atoms with Crippen molar-refractivity contribution in [1.82, 2.24) is 10.3 Å². The van der Waals surface area contributed by atoms with Gasteiger partial charge in [-0.15, -0.1) is 0 Å². The minimum absolute atomic E-state index is 0.345. The van der Waals surface area contributed by atoms with Crippen molar-refractivity contribution >= 4 is 0 Å². The zero-order valence-corrected chi connectivity index (χ0v) is 11.7. The molecule has 0 bridgehead atoms. The molecule has 0 aromatic carbocycles. The summed E-state index contributed by atoms with van der Waals surface area (Å²) in [7, 11) is 0. The van der Waals surface area contributed by atoms with Crippen LogP contribution in [-0.4, -0.2) is 30.8 Å². The van der Waals surface area contributed by atoms with Crippen LogP contribution >= 0.6 is 0 Å². The summed E-state index contributed by atoms with van der Waals surface area (Å²) in [6, 6.07) is 6.00. The Morgan fingerprint density at radius 1 is 1.33 bits per heavy atom. The van der Waals surface area contributed by atoms with E-state index in [1.165, 1.54) is 12.8 Å². The molecule has 18 heavy (non-hydrogen) atoms. The van der Waals surface area contributed by atoms with Crippen molar-refractivity contribution in [3.05, 3.63) is 30.1 Å². The highest BCUT2D eigenvalue weighted by Crippen LogP contribution is 2.03. The lowest BCUT2D eigenvalue weighted by Crippen LogP contribution is -2.18. The first-order chi connectivity index (χ1) is 8.83. The maximum Gasteiger partial charge on any atom is 0.0547 e. The number of nitrogens with zero attached hydrogens (tertiary/aromatic N) is 1. The van der Waals surface area contributed by atoms with E-state index in [0.29, 0.717) is 6.10 Å². The summed E-state index contributed by atoms with van der Waals surface area (Å²) in [4.78, 5) is 4.28. The predicted octanol–water partition coefficient (Wildman–Crippen LogP) is 2.81. The Labute approximate surface area is 111 Å². The van der Waals surface area contributed by atoms with Crippen molar-refractivity contribution in [3.63, 3.8) is 0 Å². The summed E-state index contributed by atoms with van der Waals surface area (Å²) in [5.74, 6) is 0. The van der Waals surface area contributed by atoms with Gasteiger partial charge < -0.3 is 10.1 Å². The highest BCUT2D eigenvalue weighted by atomic mass is 16.5. The molecule has 1 rings (SSSR count). The average Bonchev–Trinajstić information content (AvgIpc) is 2.40. The second-order valence-corrected chi connectivity index (χ2v) is 4.64. The van der Waals surface area contributed by atoms with E-state index in [2.05, 4.69) is 24.1 Å². The molecule has 1 aromatic heterocycles. The zero-order valence-electron chi connectivity index (χ0n) is 11.7. The minimum atomic E-state index is 0.345. The Hall–Kier alpha value is -0.930. The number of aromatic nitrogens is 1. The molecular formula is C15H26N2O. The normalized spacial score (nSPS) is 12.6. The summed E-state index contributed by atoms with van der Waals surface area (Å²) in [5, 5.41) is 3.41. The molecule has 0 saturated heterocycles. The lowest BCUT2D eigenvalue weighted by atomic mass is 10.2. The van der Waals surface area contributed by atoms with E-state index in [-0.39, 0.29) is 0 Å². The van der Waals surface area contributed by atoms with Crippen LogP contribution in [0.25, 0.3) is 0 Å².